The summed E-state index contributed by atoms with van der Waals surface area (Å²) in [5.41, 5.74) is 0. The van der Waals surface area contributed by atoms with Gasteiger partial charge in [-0.15, -0.1) is 0 Å². The Morgan fingerprint density at radius 3 is 2.56 bits per heavy atom. The van der Waals surface area contributed by atoms with Gasteiger partial charge < -0.3 is 15.2 Å². The molecule has 0 aliphatic rings. The Hall–Kier alpha value is -1.19. The van der Waals surface area contributed by atoms with E-state index in [9.17, 15) is 18.0 Å². The molecule has 0 fully saturated rings. The summed E-state index contributed by atoms with van der Waals surface area (Å²) in [4.78, 5) is 21.3. The zero-order valence-electron chi connectivity index (χ0n) is 10.1. The number of ether oxygens (including phenoxy) is 1. The Morgan fingerprint density at radius 1 is 1.33 bits per heavy atom. The van der Waals surface area contributed by atoms with Gasteiger partial charge in [-0.2, -0.15) is 0 Å². The molecule has 0 aliphatic heterocycles. The van der Waals surface area contributed by atoms with Crippen LogP contribution in [-0.4, -0.2) is 58.0 Å². The molecule has 0 saturated carbocycles. The summed E-state index contributed by atoms with van der Waals surface area (Å²) < 4.78 is 29.5. The lowest BCUT2D eigenvalue weighted by atomic mass is 10.4. The molecule has 3 N–H and O–H groups in total. The molecule has 0 aromatic rings. The summed E-state index contributed by atoms with van der Waals surface area (Å²) in [5.74, 6) is -1.72. The first-order chi connectivity index (χ1) is 8.37. The number of hydrogen-bond acceptors (Lipinski definition) is 5. The maximum absolute atomic E-state index is 11.4. The lowest BCUT2D eigenvalue weighted by molar-refractivity contribution is -0.136. The second-order valence-electron chi connectivity index (χ2n) is 3.48. The first kappa shape index (κ1) is 16.8. The van der Waals surface area contributed by atoms with Crippen molar-refractivity contribution in [2.24, 2.45) is 0 Å². The van der Waals surface area contributed by atoms with Crippen molar-refractivity contribution < 1.29 is 27.9 Å². The Bertz CT molecular complexity index is 367. The van der Waals surface area contributed by atoms with Crippen molar-refractivity contribution in [3.63, 3.8) is 0 Å². The molecule has 0 radical (unpaired) electrons. The lowest BCUT2D eigenvalue weighted by Gasteiger charge is -2.06. The fraction of sp³-hybridized carbons (Fsp3) is 0.778. The number of sulfonamides is 1. The molecule has 106 valence electrons. The zero-order valence-corrected chi connectivity index (χ0v) is 11.0. The molecular formula is C9H18N2O6S. The van der Waals surface area contributed by atoms with Gasteiger partial charge >= 0.3 is 5.97 Å². The predicted octanol–water partition coefficient (Wildman–Crippen LogP) is -1.47. The van der Waals surface area contributed by atoms with E-state index in [2.05, 4.69) is 10.0 Å². The van der Waals surface area contributed by atoms with Gasteiger partial charge in [0.25, 0.3) is 0 Å². The third-order valence-corrected chi connectivity index (χ3v) is 3.29. The van der Waals surface area contributed by atoms with E-state index in [4.69, 9.17) is 9.84 Å². The SMILES string of the molecule is COCCCS(=O)(=O)NCC(=O)NCCC(=O)O. The average Bonchev–Trinajstić information content (AvgIpc) is 2.26. The molecule has 8 nitrogen and oxygen atoms in total. The van der Waals surface area contributed by atoms with Gasteiger partial charge in [-0.25, -0.2) is 13.1 Å². The van der Waals surface area contributed by atoms with E-state index in [-0.39, 0.29) is 18.7 Å². The van der Waals surface area contributed by atoms with Gasteiger partial charge in [0.2, 0.25) is 15.9 Å². The van der Waals surface area contributed by atoms with Crippen LogP contribution in [0.5, 0.6) is 0 Å². The molecule has 0 atom stereocenters. The van der Waals surface area contributed by atoms with Crippen molar-refractivity contribution in [3.8, 4) is 0 Å². The number of carbonyl (C=O) groups is 2. The summed E-state index contributed by atoms with van der Waals surface area (Å²) in [6, 6.07) is 0. The van der Waals surface area contributed by atoms with Gasteiger partial charge in [0.1, 0.15) is 0 Å². The van der Waals surface area contributed by atoms with Gasteiger partial charge in [0, 0.05) is 20.3 Å². The summed E-state index contributed by atoms with van der Waals surface area (Å²) in [6.07, 6.45) is 0.138. The van der Waals surface area contributed by atoms with Gasteiger partial charge in [-0.05, 0) is 6.42 Å². The van der Waals surface area contributed by atoms with Crippen LogP contribution in [0, 0.1) is 0 Å². The highest BCUT2D eigenvalue weighted by Gasteiger charge is 2.11. The molecule has 0 aromatic carbocycles. The fourth-order valence-electron chi connectivity index (χ4n) is 1.01. The van der Waals surface area contributed by atoms with E-state index in [1.807, 2.05) is 0 Å². The number of hydrogen-bond donors (Lipinski definition) is 3. The third kappa shape index (κ3) is 10.00. The Balaban J connectivity index is 3.79. The standard InChI is InChI=1S/C9H18N2O6S/c1-17-5-2-6-18(15,16)11-7-8(12)10-4-3-9(13)14/h11H,2-7H2,1H3,(H,10,12)(H,13,14). The van der Waals surface area contributed by atoms with Crippen molar-refractivity contribution in [2.75, 3.05) is 32.6 Å². The van der Waals surface area contributed by atoms with Crippen molar-refractivity contribution >= 4 is 21.9 Å². The topological polar surface area (TPSA) is 122 Å². The molecule has 0 heterocycles. The number of rotatable bonds is 10. The van der Waals surface area contributed by atoms with Gasteiger partial charge in [0.15, 0.2) is 0 Å². The number of carboxylic acids is 1. The fourth-order valence-corrected chi connectivity index (χ4v) is 2.01. The predicted molar refractivity (Wildman–Crippen MR) is 63.5 cm³/mol. The molecule has 0 bridgehead atoms. The van der Waals surface area contributed by atoms with Crippen molar-refractivity contribution in [1.82, 2.24) is 10.0 Å². The first-order valence-electron chi connectivity index (χ1n) is 5.32. The largest absolute Gasteiger partial charge is 0.481 e. The highest BCUT2D eigenvalue weighted by Crippen LogP contribution is 1.89. The number of carbonyl (C=O) groups excluding carboxylic acids is 1. The molecule has 0 saturated heterocycles. The number of amides is 1. The molecule has 1 amide bonds. The number of methoxy groups -OCH3 is 1. The number of aliphatic carboxylic acids is 1. The molecule has 0 spiro atoms. The van der Waals surface area contributed by atoms with E-state index in [0.29, 0.717) is 13.0 Å². The molecule has 9 heteroatoms. The second-order valence-corrected chi connectivity index (χ2v) is 5.41. The number of carboxylic acid groups (broad SMARTS) is 1. The summed E-state index contributed by atoms with van der Waals surface area (Å²) in [7, 11) is -2.03. The highest BCUT2D eigenvalue weighted by atomic mass is 32.2. The van der Waals surface area contributed by atoms with Gasteiger partial charge in [0.05, 0.1) is 18.7 Å². The minimum Gasteiger partial charge on any atom is -0.481 e. The van der Waals surface area contributed by atoms with Crippen LogP contribution in [0.15, 0.2) is 0 Å². The Labute approximate surface area is 106 Å². The van der Waals surface area contributed by atoms with Crippen LogP contribution in [0.4, 0.5) is 0 Å². The quantitative estimate of drug-likeness (QED) is 0.421. The van der Waals surface area contributed by atoms with Crippen LogP contribution in [0.2, 0.25) is 0 Å². The molecule has 0 unspecified atom stereocenters. The van der Waals surface area contributed by atoms with E-state index in [1.54, 1.807) is 0 Å². The lowest BCUT2D eigenvalue weighted by Crippen LogP contribution is -2.38. The smallest absolute Gasteiger partial charge is 0.305 e. The van der Waals surface area contributed by atoms with E-state index < -0.39 is 28.4 Å². The molecular weight excluding hydrogens is 264 g/mol. The van der Waals surface area contributed by atoms with E-state index in [0.717, 1.165) is 0 Å². The van der Waals surface area contributed by atoms with Crippen LogP contribution >= 0.6 is 0 Å². The average molecular weight is 282 g/mol. The van der Waals surface area contributed by atoms with Crippen LogP contribution in [0.1, 0.15) is 12.8 Å². The van der Waals surface area contributed by atoms with E-state index >= 15 is 0 Å². The van der Waals surface area contributed by atoms with Gasteiger partial charge in [-0.3, -0.25) is 9.59 Å². The summed E-state index contributed by atoms with van der Waals surface area (Å²) in [5, 5.41) is 10.6. The third-order valence-electron chi connectivity index (χ3n) is 1.88. The minimum atomic E-state index is -3.50. The monoisotopic (exact) mass is 282 g/mol. The van der Waals surface area contributed by atoms with Gasteiger partial charge in [-0.1, -0.05) is 0 Å². The minimum absolute atomic E-state index is 0.0282. The van der Waals surface area contributed by atoms with Crippen molar-refractivity contribution in [2.45, 2.75) is 12.8 Å². The van der Waals surface area contributed by atoms with E-state index in [1.165, 1.54) is 7.11 Å². The second kappa shape index (κ2) is 8.84. The normalized spacial score (nSPS) is 11.2. The maximum atomic E-state index is 11.4. The number of nitrogens with one attached hydrogen (secondary N) is 2. The molecule has 0 aromatic heterocycles. The molecule has 0 aliphatic carbocycles. The zero-order chi connectivity index (χ0) is 14.0. The highest BCUT2D eigenvalue weighted by molar-refractivity contribution is 7.89. The van der Waals surface area contributed by atoms with Crippen LogP contribution < -0.4 is 10.0 Å². The first-order valence-corrected chi connectivity index (χ1v) is 6.97. The van der Waals surface area contributed by atoms with Crippen molar-refractivity contribution in [1.29, 1.82) is 0 Å². The van der Waals surface area contributed by atoms with Crippen LogP contribution in [0.25, 0.3) is 0 Å². The summed E-state index contributed by atoms with van der Waals surface area (Å²) in [6.45, 7) is -0.0970. The summed E-state index contributed by atoms with van der Waals surface area (Å²) >= 11 is 0. The Kier molecular flexibility index (Phi) is 8.25. The van der Waals surface area contributed by atoms with Crippen molar-refractivity contribution in [3.05, 3.63) is 0 Å². The molecule has 18 heavy (non-hydrogen) atoms. The Morgan fingerprint density at radius 2 is 2.00 bits per heavy atom. The van der Waals surface area contributed by atoms with Crippen LogP contribution in [0.3, 0.4) is 0 Å². The molecule has 0 rings (SSSR count). The van der Waals surface area contributed by atoms with Crippen LogP contribution in [-0.2, 0) is 24.3 Å². The maximum Gasteiger partial charge on any atom is 0.305 e.